The van der Waals surface area contributed by atoms with Crippen LogP contribution in [0.15, 0.2) is 36.2 Å². The maximum absolute atomic E-state index is 12.1. The van der Waals surface area contributed by atoms with Gasteiger partial charge in [0.15, 0.2) is 18.1 Å². The average Bonchev–Trinajstić information content (AvgIpc) is 2.95. The molecule has 0 aliphatic carbocycles. The van der Waals surface area contributed by atoms with E-state index >= 15 is 0 Å². The highest BCUT2D eigenvalue weighted by atomic mass is 35.5. The molecule has 1 unspecified atom stereocenters. The van der Waals surface area contributed by atoms with E-state index < -0.39 is 5.97 Å². The van der Waals surface area contributed by atoms with Crippen molar-refractivity contribution in [3.63, 3.8) is 0 Å². The van der Waals surface area contributed by atoms with Gasteiger partial charge in [0.2, 0.25) is 6.41 Å². The summed E-state index contributed by atoms with van der Waals surface area (Å²) in [5, 5.41) is 3.15. The zero-order valence-corrected chi connectivity index (χ0v) is 17.9. The summed E-state index contributed by atoms with van der Waals surface area (Å²) in [6.45, 7) is 9.12. The summed E-state index contributed by atoms with van der Waals surface area (Å²) in [5.74, 6) is 1.04. The van der Waals surface area contributed by atoms with E-state index in [0.29, 0.717) is 40.8 Å². The van der Waals surface area contributed by atoms with Crippen molar-refractivity contribution in [3.8, 4) is 5.75 Å². The van der Waals surface area contributed by atoms with Crippen LogP contribution in [0.25, 0.3) is 0 Å². The van der Waals surface area contributed by atoms with Crippen LogP contribution < -0.4 is 10.1 Å². The Morgan fingerprint density at radius 2 is 2.03 bits per heavy atom. The van der Waals surface area contributed by atoms with Crippen molar-refractivity contribution in [1.29, 1.82) is 0 Å². The smallest absolute Gasteiger partial charge is 0.306 e. The minimum absolute atomic E-state index is 0.0344. The number of nitrogens with one attached hydrogen (secondary N) is 1. The molecule has 2 rings (SSSR count). The van der Waals surface area contributed by atoms with Gasteiger partial charge in [-0.3, -0.25) is 9.59 Å². The Kier molecular flexibility index (Phi) is 8.22. The highest BCUT2D eigenvalue weighted by Gasteiger charge is 2.23. The van der Waals surface area contributed by atoms with E-state index in [0.717, 1.165) is 0 Å². The first-order chi connectivity index (χ1) is 13.7. The number of rotatable bonds is 10. The lowest BCUT2D eigenvalue weighted by atomic mass is 10.0. The number of halogens is 2. The second kappa shape index (κ2) is 10.4. The normalized spacial score (nSPS) is 14.3. The summed E-state index contributed by atoms with van der Waals surface area (Å²) < 4.78 is 21.6. The molecule has 0 saturated carbocycles. The van der Waals surface area contributed by atoms with E-state index in [9.17, 15) is 9.59 Å². The molecule has 1 N–H and O–H groups in total. The van der Waals surface area contributed by atoms with Crippen LogP contribution in [-0.2, 0) is 23.8 Å². The van der Waals surface area contributed by atoms with Crippen LogP contribution in [0.4, 0.5) is 5.69 Å². The molecule has 1 heterocycles. The van der Waals surface area contributed by atoms with E-state index in [2.05, 4.69) is 11.9 Å². The van der Waals surface area contributed by atoms with Gasteiger partial charge in [-0.05, 0) is 38.0 Å². The summed E-state index contributed by atoms with van der Waals surface area (Å²) in [6, 6.07) is 3.06. The Morgan fingerprint density at radius 1 is 1.31 bits per heavy atom. The standard InChI is InChI=1S/C20H23Cl2NO6/c1-11(2)17(29-20-15(22)7-14(21)8-16(20)23-10-24)5-6-19(25)26-9-18-12(3)27-13(4)28-18/h7-8,10-11,17H,4-6,9H2,1-3H3,(H,23,24). The van der Waals surface area contributed by atoms with Gasteiger partial charge in [-0.15, -0.1) is 0 Å². The van der Waals surface area contributed by atoms with Crippen molar-refractivity contribution in [2.24, 2.45) is 5.92 Å². The molecule has 1 amide bonds. The monoisotopic (exact) mass is 443 g/mol. The van der Waals surface area contributed by atoms with Crippen molar-refractivity contribution in [1.82, 2.24) is 0 Å². The molecular weight excluding hydrogens is 421 g/mol. The van der Waals surface area contributed by atoms with Crippen molar-refractivity contribution in [2.75, 3.05) is 11.9 Å². The van der Waals surface area contributed by atoms with Gasteiger partial charge in [0.25, 0.3) is 5.95 Å². The van der Waals surface area contributed by atoms with Gasteiger partial charge in [-0.1, -0.05) is 37.0 Å². The molecule has 0 spiro atoms. The first-order valence-corrected chi connectivity index (χ1v) is 9.72. The fourth-order valence-corrected chi connectivity index (χ4v) is 3.14. The van der Waals surface area contributed by atoms with Crippen LogP contribution in [0.2, 0.25) is 10.0 Å². The van der Waals surface area contributed by atoms with E-state index in [-0.39, 0.29) is 36.0 Å². The van der Waals surface area contributed by atoms with Gasteiger partial charge in [0.1, 0.15) is 11.9 Å². The average molecular weight is 444 g/mol. The third-order valence-corrected chi connectivity index (χ3v) is 4.63. The van der Waals surface area contributed by atoms with Crippen LogP contribution >= 0.6 is 23.2 Å². The lowest BCUT2D eigenvalue weighted by Gasteiger charge is -2.24. The van der Waals surface area contributed by atoms with Crippen molar-refractivity contribution in [2.45, 2.75) is 39.7 Å². The first kappa shape index (κ1) is 22.9. The van der Waals surface area contributed by atoms with Crippen LogP contribution in [0.1, 0.15) is 33.6 Å². The third kappa shape index (κ3) is 6.58. The highest BCUT2D eigenvalue weighted by Crippen LogP contribution is 2.38. The molecule has 0 aromatic heterocycles. The summed E-state index contributed by atoms with van der Waals surface area (Å²) in [7, 11) is 0. The molecule has 0 bridgehead atoms. The Bertz CT molecular complexity index is 821. The van der Waals surface area contributed by atoms with Gasteiger partial charge >= 0.3 is 5.97 Å². The predicted molar refractivity (Wildman–Crippen MR) is 110 cm³/mol. The number of benzene rings is 1. The van der Waals surface area contributed by atoms with E-state index in [4.69, 9.17) is 42.1 Å². The number of hydrogen-bond acceptors (Lipinski definition) is 6. The van der Waals surface area contributed by atoms with Crippen molar-refractivity contribution < 1.29 is 28.5 Å². The van der Waals surface area contributed by atoms with Crippen LogP contribution in [0, 0.1) is 5.92 Å². The molecule has 29 heavy (non-hydrogen) atoms. The van der Waals surface area contributed by atoms with Crippen molar-refractivity contribution in [3.05, 3.63) is 46.2 Å². The molecule has 158 valence electrons. The van der Waals surface area contributed by atoms with Crippen LogP contribution in [0.5, 0.6) is 5.75 Å². The Balaban J connectivity index is 1.97. The second-order valence-corrected chi connectivity index (χ2v) is 7.53. The van der Waals surface area contributed by atoms with Gasteiger partial charge in [0, 0.05) is 11.4 Å². The van der Waals surface area contributed by atoms with Gasteiger partial charge in [0.05, 0.1) is 10.7 Å². The number of carbonyl (C=O) groups excluding carboxylic acids is 2. The predicted octanol–water partition coefficient (Wildman–Crippen LogP) is 5.04. The van der Waals surface area contributed by atoms with Gasteiger partial charge in [-0.25, -0.2) is 0 Å². The largest absolute Gasteiger partial charge is 0.486 e. The summed E-state index contributed by atoms with van der Waals surface area (Å²) >= 11 is 12.2. The molecule has 0 saturated heterocycles. The second-order valence-electron chi connectivity index (χ2n) is 6.68. The number of ether oxygens (including phenoxy) is 4. The minimum atomic E-state index is -0.408. The first-order valence-electron chi connectivity index (χ1n) is 8.97. The molecular formula is C20H23Cl2NO6. The zero-order valence-electron chi connectivity index (χ0n) is 16.4. The maximum Gasteiger partial charge on any atom is 0.306 e. The Labute approximate surface area is 179 Å². The minimum Gasteiger partial charge on any atom is -0.486 e. The molecule has 1 aromatic rings. The molecule has 1 atom stereocenters. The Hall–Kier alpha value is -2.38. The lowest BCUT2D eigenvalue weighted by Crippen LogP contribution is -2.25. The number of hydrogen-bond donors (Lipinski definition) is 1. The molecule has 7 nitrogen and oxygen atoms in total. The van der Waals surface area contributed by atoms with Gasteiger partial charge < -0.3 is 24.3 Å². The maximum atomic E-state index is 12.1. The molecule has 1 aliphatic rings. The lowest BCUT2D eigenvalue weighted by molar-refractivity contribution is -0.144. The summed E-state index contributed by atoms with van der Waals surface area (Å²) in [4.78, 5) is 23.0. The Morgan fingerprint density at radius 3 is 2.62 bits per heavy atom. The van der Waals surface area contributed by atoms with Gasteiger partial charge in [-0.2, -0.15) is 0 Å². The molecule has 1 aliphatic heterocycles. The third-order valence-electron chi connectivity index (χ3n) is 4.13. The van der Waals surface area contributed by atoms with Crippen LogP contribution in [0.3, 0.4) is 0 Å². The number of amides is 1. The number of carbonyl (C=O) groups is 2. The fourth-order valence-electron chi connectivity index (χ4n) is 2.60. The highest BCUT2D eigenvalue weighted by molar-refractivity contribution is 6.36. The van der Waals surface area contributed by atoms with Crippen molar-refractivity contribution >= 4 is 41.3 Å². The number of allylic oxidation sites excluding steroid dienone is 1. The summed E-state index contributed by atoms with van der Waals surface area (Å²) in [6.07, 6.45) is 0.674. The SMILES string of the molecule is C=C1OC(C)=C(COC(=O)CCC(Oc2c(Cl)cc(Cl)cc2NC=O)C(C)C)O1. The molecule has 0 radical (unpaired) electrons. The fraction of sp³-hybridized carbons (Fsp3) is 0.400. The van der Waals surface area contributed by atoms with E-state index in [1.165, 1.54) is 12.1 Å². The molecule has 9 heteroatoms. The number of esters is 1. The van der Waals surface area contributed by atoms with E-state index in [1.54, 1.807) is 6.92 Å². The summed E-state index contributed by atoms with van der Waals surface area (Å²) in [5.41, 5.74) is 0.353. The topological polar surface area (TPSA) is 83.1 Å². The molecule has 0 fully saturated rings. The zero-order chi connectivity index (χ0) is 21.6. The van der Waals surface area contributed by atoms with E-state index in [1.807, 2.05) is 13.8 Å². The molecule has 1 aromatic carbocycles. The van der Waals surface area contributed by atoms with Crippen LogP contribution in [-0.4, -0.2) is 25.1 Å². The number of anilines is 1. The quantitative estimate of drug-likeness (QED) is 0.402.